The minimum absolute atomic E-state index is 0.0877. The Bertz CT molecular complexity index is 1610. The number of amides is 2. The Labute approximate surface area is 239 Å². The van der Waals surface area contributed by atoms with E-state index in [1.54, 1.807) is 93.1 Å². The average Bonchev–Trinajstić information content (AvgIpc) is 3.01. The van der Waals surface area contributed by atoms with E-state index in [4.69, 9.17) is 9.47 Å². The number of hydrogen-bond donors (Lipinski definition) is 2. The number of hydrogen-bond acceptors (Lipinski definition) is 5. The number of anilines is 1. The van der Waals surface area contributed by atoms with Gasteiger partial charge in [-0.1, -0.05) is 42.5 Å². The van der Waals surface area contributed by atoms with Gasteiger partial charge >= 0.3 is 0 Å². The first-order valence-corrected chi connectivity index (χ1v) is 12.9. The third-order valence-corrected chi connectivity index (χ3v) is 6.30. The molecule has 0 bridgehead atoms. The minimum Gasteiger partial charge on any atom is -0.497 e. The topological polar surface area (TPSA) is 93.7 Å². The number of carbonyl (C=O) groups excluding carboxylic acids is 3. The SMILES string of the molecule is COc1ccc(/C=C/C(=O)c2ccc(NC(=O)/C(=C/c3ccccc3C)NC(=O)c3ccccc3)cc2)c(OC)c1. The fraction of sp³-hybridized carbons (Fsp3) is 0.0882. The van der Waals surface area contributed by atoms with Crippen molar-refractivity contribution in [2.45, 2.75) is 6.92 Å². The summed E-state index contributed by atoms with van der Waals surface area (Å²) in [7, 11) is 3.12. The molecule has 2 N–H and O–H groups in total. The molecule has 0 aliphatic heterocycles. The third-order valence-electron chi connectivity index (χ3n) is 6.30. The molecule has 41 heavy (non-hydrogen) atoms. The zero-order chi connectivity index (χ0) is 29.2. The molecule has 0 aliphatic rings. The van der Waals surface area contributed by atoms with Gasteiger partial charge in [0.05, 0.1) is 14.2 Å². The maximum Gasteiger partial charge on any atom is 0.272 e. The van der Waals surface area contributed by atoms with Gasteiger partial charge < -0.3 is 20.1 Å². The Morgan fingerprint density at radius 1 is 0.732 bits per heavy atom. The first-order chi connectivity index (χ1) is 19.9. The van der Waals surface area contributed by atoms with Crippen molar-refractivity contribution in [3.05, 3.63) is 137 Å². The van der Waals surface area contributed by atoms with Crippen LogP contribution in [0.25, 0.3) is 12.2 Å². The molecular formula is C34H30N2O5. The molecule has 0 radical (unpaired) electrons. The molecule has 0 spiro atoms. The lowest BCUT2D eigenvalue weighted by atomic mass is 10.1. The number of carbonyl (C=O) groups is 3. The Morgan fingerprint density at radius 3 is 2.12 bits per heavy atom. The highest BCUT2D eigenvalue weighted by atomic mass is 16.5. The van der Waals surface area contributed by atoms with Crippen molar-refractivity contribution in [2.75, 3.05) is 19.5 Å². The van der Waals surface area contributed by atoms with E-state index < -0.39 is 11.8 Å². The Kier molecular flexibility index (Phi) is 9.46. The van der Waals surface area contributed by atoms with Gasteiger partial charge in [-0.15, -0.1) is 0 Å². The van der Waals surface area contributed by atoms with Crippen molar-refractivity contribution in [1.29, 1.82) is 0 Å². The quantitative estimate of drug-likeness (QED) is 0.179. The molecule has 0 unspecified atom stereocenters. The number of nitrogens with one attached hydrogen (secondary N) is 2. The normalized spacial score (nSPS) is 11.1. The smallest absolute Gasteiger partial charge is 0.272 e. The van der Waals surface area contributed by atoms with E-state index in [9.17, 15) is 14.4 Å². The molecule has 0 heterocycles. The molecule has 4 aromatic rings. The highest BCUT2D eigenvalue weighted by Crippen LogP contribution is 2.26. The number of aryl methyl sites for hydroxylation is 1. The summed E-state index contributed by atoms with van der Waals surface area (Å²) in [4.78, 5) is 38.9. The highest BCUT2D eigenvalue weighted by Gasteiger charge is 2.16. The van der Waals surface area contributed by atoms with Crippen molar-refractivity contribution < 1.29 is 23.9 Å². The van der Waals surface area contributed by atoms with Crippen molar-refractivity contribution >= 4 is 35.4 Å². The molecule has 0 saturated heterocycles. The van der Waals surface area contributed by atoms with Gasteiger partial charge in [0.2, 0.25) is 0 Å². The lowest BCUT2D eigenvalue weighted by molar-refractivity contribution is -0.113. The number of ether oxygens (including phenoxy) is 2. The summed E-state index contributed by atoms with van der Waals surface area (Å²) in [5.74, 6) is 0.126. The van der Waals surface area contributed by atoms with Crippen LogP contribution in [0.1, 0.15) is 37.4 Å². The average molecular weight is 547 g/mol. The second-order valence-electron chi connectivity index (χ2n) is 9.07. The highest BCUT2D eigenvalue weighted by molar-refractivity contribution is 6.11. The van der Waals surface area contributed by atoms with Crippen LogP contribution >= 0.6 is 0 Å². The molecule has 4 rings (SSSR count). The van der Waals surface area contributed by atoms with E-state index in [0.29, 0.717) is 28.3 Å². The fourth-order valence-electron chi connectivity index (χ4n) is 3.98. The van der Waals surface area contributed by atoms with Crippen LogP contribution in [-0.4, -0.2) is 31.8 Å². The molecule has 0 atom stereocenters. The summed E-state index contributed by atoms with van der Waals surface area (Å²) in [5.41, 5.74) is 3.92. The standard InChI is InChI=1S/C34H30N2O5/c1-23-9-7-8-12-27(23)21-30(36-33(38)26-10-5-4-6-11-26)34(39)35-28-17-13-24(14-18-28)31(37)20-16-25-15-19-29(40-2)22-32(25)41-3/h4-22H,1-3H3,(H,35,39)(H,36,38)/b20-16+,30-21-. The van der Waals surface area contributed by atoms with Crippen LogP contribution in [0.15, 0.2) is 109 Å². The number of benzene rings is 4. The molecule has 4 aromatic carbocycles. The Hall–Kier alpha value is -5.43. The number of ketones is 1. The number of methoxy groups -OCH3 is 2. The van der Waals surface area contributed by atoms with Crippen LogP contribution in [-0.2, 0) is 4.79 Å². The molecule has 0 aliphatic carbocycles. The summed E-state index contributed by atoms with van der Waals surface area (Å²) in [6.07, 6.45) is 4.77. The van der Waals surface area contributed by atoms with Gasteiger partial charge in [-0.05, 0) is 84.8 Å². The zero-order valence-electron chi connectivity index (χ0n) is 23.0. The van der Waals surface area contributed by atoms with Crippen molar-refractivity contribution in [1.82, 2.24) is 5.32 Å². The molecule has 0 fully saturated rings. The number of rotatable bonds is 10. The van der Waals surface area contributed by atoms with Gasteiger partial charge in [0, 0.05) is 28.4 Å². The Balaban J connectivity index is 1.49. The zero-order valence-corrected chi connectivity index (χ0v) is 23.0. The molecule has 7 nitrogen and oxygen atoms in total. The summed E-state index contributed by atoms with van der Waals surface area (Å²) >= 11 is 0. The van der Waals surface area contributed by atoms with Crippen LogP contribution in [0.3, 0.4) is 0 Å². The fourth-order valence-corrected chi connectivity index (χ4v) is 3.98. The van der Waals surface area contributed by atoms with Gasteiger partial charge in [-0.25, -0.2) is 0 Å². The molecule has 0 saturated carbocycles. The summed E-state index contributed by atoms with van der Waals surface area (Å²) in [5, 5.41) is 5.54. The van der Waals surface area contributed by atoms with Crippen LogP contribution < -0.4 is 20.1 Å². The monoisotopic (exact) mass is 546 g/mol. The van der Waals surface area contributed by atoms with Crippen molar-refractivity contribution in [3.63, 3.8) is 0 Å². The largest absolute Gasteiger partial charge is 0.497 e. The first kappa shape index (κ1) is 28.6. The van der Waals surface area contributed by atoms with Crippen LogP contribution in [0.5, 0.6) is 11.5 Å². The van der Waals surface area contributed by atoms with Gasteiger partial charge in [0.1, 0.15) is 17.2 Å². The summed E-state index contributed by atoms with van der Waals surface area (Å²) < 4.78 is 10.6. The molecule has 206 valence electrons. The second kappa shape index (κ2) is 13.6. The van der Waals surface area contributed by atoms with E-state index in [0.717, 1.165) is 16.7 Å². The second-order valence-corrected chi connectivity index (χ2v) is 9.07. The van der Waals surface area contributed by atoms with Crippen LogP contribution in [0, 0.1) is 6.92 Å². The van der Waals surface area contributed by atoms with Crippen LogP contribution in [0.2, 0.25) is 0 Å². The van der Waals surface area contributed by atoms with Gasteiger partial charge in [-0.2, -0.15) is 0 Å². The van der Waals surface area contributed by atoms with Gasteiger partial charge in [0.15, 0.2) is 5.78 Å². The third kappa shape index (κ3) is 7.58. The predicted molar refractivity (Wildman–Crippen MR) is 161 cm³/mol. The van der Waals surface area contributed by atoms with E-state index in [2.05, 4.69) is 10.6 Å². The Morgan fingerprint density at radius 2 is 1.44 bits per heavy atom. The van der Waals surface area contributed by atoms with Gasteiger partial charge in [0.25, 0.3) is 11.8 Å². The summed E-state index contributed by atoms with van der Waals surface area (Å²) in [6, 6.07) is 28.1. The molecular weight excluding hydrogens is 516 g/mol. The summed E-state index contributed by atoms with van der Waals surface area (Å²) in [6.45, 7) is 1.93. The predicted octanol–water partition coefficient (Wildman–Crippen LogP) is 6.32. The van der Waals surface area contributed by atoms with Gasteiger partial charge in [-0.3, -0.25) is 14.4 Å². The molecule has 7 heteroatoms. The maximum absolute atomic E-state index is 13.3. The molecule has 2 amide bonds. The lowest BCUT2D eigenvalue weighted by Gasteiger charge is -2.12. The van der Waals surface area contributed by atoms with E-state index in [1.807, 2.05) is 37.3 Å². The van der Waals surface area contributed by atoms with E-state index in [1.165, 1.54) is 6.08 Å². The van der Waals surface area contributed by atoms with Crippen molar-refractivity contribution in [2.24, 2.45) is 0 Å². The van der Waals surface area contributed by atoms with E-state index >= 15 is 0 Å². The molecule has 0 aromatic heterocycles. The maximum atomic E-state index is 13.3. The number of allylic oxidation sites excluding steroid dienone is 1. The van der Waals surface area contributed by atoms with Crippen LogP contribution in [0.4, 0.5) is 5.69 Å². The first-order valence-electron chi connectivity index (χ1n) is 12.9. The lowest BCUT2D eigenvalue weighted by Crippen LogP contribution is -2.30. The minimum atomic E-state index is -0.497. The van der Waals surface area contributed by atoms with E-state index in [-0.39, 0.29) is 11.5 Å². The van der Waals surface area contributed by atoms with Crippen molar-refractivity contribution in [3.8, 4) is 11.5 Å².